The van der Waals surface area contributed by atoms with E-state index in [2.05, 4.69) is 0 Å². The summed E-state index contributed by atoms with van der Waals surface area (Å²) in [4.78, 5) is 14.4. The van der Waals surface area contributed by atoms with Gasteiger partial charge in [-0.25, -0.2) is 13.6 Å². The summed E-state index contributed by atoms with van der Waals surface area (Å²) in [6.45, 7) is 0.182. The molecule has 0 aromatic heterocycles. The van der Waals surface area contributed by atoms with Crippen LogP contribution in [0, 0.1) is 11.6 Å². The average molecular weight is 444 g/mol. The SMILES string of the molecule is O=C1O[C@@](CCO)(c2ccccc2)CCN1c1ccc(F)c(-c2ccc(F)cc2Cl)c1. The van der Waals surface area contributed by atoms with E-state index in [4.69, 9.17) is 16.3 Å². The zero-order valence-electron chi connectivity index (χ0n) is 16.5. The fraction of sp³-hybridized carbons (Fsp3) is 0.208. The van der Waals surface area contributed by atoms with Crippen molar-refractivity contribution in [3.8, 4) is 11.1 Å². The molecule has 1 saturated heterocycles. The molecule has 1 aliphatic heterocycles. The molecule has 0 saturated carbocycles. The van der Waals surface area contributed by atoms with Crippen LogP contribution in [0.25, 0.3) is 11.1 Å². The number of anilines is 1. The quantitative estimate of drug-likeness (QED) is 0.533. The molecule has 31 heavy (non-hydrogen) atoms. The predicted octanol–water partition coefficient (Wildman–Crippen LogP) is 5.91. The molecule has 160 valence electrons. The number of aliphatic hydroxyl groups is 1. The number of hydrogen-bond donors (Lipinski definition) is 1. The van der Waals surface area contributed by atoms with Gasteiger partial charge in [0, 0.05) is 42.8 Å². The van der Waals surface area contributed by atoms with Crippen molar-refractivity contribution in [3.05, 3.63) is 89.0 Å². The number of amides is 1. The van der Waals surface area contributed by atoms with Gasteiger partial charge in [-0.2, -0.15) is 0 Å². The van der Waals surface area contributed by atoms with E-state index in [1.807, 2.05) is 30.3 Å². The van der Waals surface area contributed by atoms with Gasteiger partial charge in [0.2, 0.25) is 0 Å². The van der Waals surface area contributed by atoms with Gasteiger partial charge in [-0.15, -0.1) is 0 Å². The van der Waals surface area contributed by atoms with Gasteiger partial charge in [-0.1, -0.05) is 41.9 Å². The van der Waals surface area contributed by atoms with Crippen molar-refractivity contribution < 1.29 is 23.4 Å². The van der Waals surface area contributed by atoms with Gasteiger partial charge in [0.1, 0.15) is 17.2 Å². The Balaban J connectivity index is 1.65. The third kappa shape index (κ3) is 4.13. The van der Waals surface area contributed by atoms with E-state index in [9.17, 15) is 18.7 Å². The van der Waals surface area contributed by atoms with Gasteiger partial charge in [0.15, 0.2) is 0 Å². The molecule has 0 radical (unpaired) electrons. The second-order valence-electron chi connectivity index (χ2n) is 7.39. The van der Waals surface area contributed by atoms with Gasteiger partial charge in [-0.05, 0) is 42.0 Å². The summed E-state index contributed by atoms with van der Waals surface area (Å²) in [5.74, 6) is -1.06. The van der Waals surface area contributed by atoms with Gasteiger partial charge < -0.3 is 9.84 Å². The molecule has 4 rings (SSSR count). The molecule has 0 spiro atoms. The highest BCUT2D eigenvalue weighted by atomic mass is 35.5. The Labute approximate surface area is 183 Å². The Hall–Kier alpha value is -2.96. The number of ether oxygens (including phenoxy) is 1. The molecular formula is C24H20ClF2NO3. The van der Waals surface area contributed by atoms with Crippen LogP contribution in [0.1, 0.15) is 18.4 Å². The van der Waals surface area contributed by atoms with Crippen molar-refractivity contribution in [2.45, 2.75) is 18.4 Å². The fourth-order valence-corrected chi connectivity index (χ4v) is 4.20. The molecule has 0 unspecified atom stereocenters. The van der Waals surface area contributed by atoms with E-state index in [0.717, 1.165) is 11.6 Å². The Morgan fingerprint density at radius 3 is 2.48 bits per heavy atom. The number of nitrogens with zero attached hydrogens (tertiary/aromatic N) is 1. The molecule has 1 aliphatic rings. The summed E-state index contributed by atoms with van der Waals surface area (Å²) in [6.07, 6.45) is 0.135. The Morgan fingerprint density at radius 1 is 1.03 bits per heavy atom. The monoisotopic (exact) mass is 443 g/mol. The molecule has 1 atom stereocenters. The van der Waals surface area contributed by atoms with Crippen molar-refractivity contribution in [1.29, 1.82) is 0 Å². The van der Waals surface area contributed by atoms with Crippen LogP contribution in [0.2, 0.25) is 5.02 Å². The molecular weight excluding hydrogens is 424 g/mol. The van der Waals surface area contributed by atoms with Crippen LogP contribution in [0.3, 0.4) is 0 Å². The predicted molar refractivity (Wildman–Crippen MR) is 115 cm³/mol. The normalized spacial score (nSPS) is 18.7. The third-order valence-electron chi connectivity index (χ3n) is 5.54. The Kier molecular flexibility index (Phi) is 5.94. The maximum Gasteiger partial charge on any atom is 0.415 e. The number of carbonyl (C=O) groups excluding carboxylic acids is 1. The van der Waals surface area contributed by atoms with E-state index in [1.165, 1.54) is 35.2 Å². The largest absolute Gasteiger partial charge is 0.437 e. The molecule has 0 aliphatic carbocycles. The lowest BCUT2D eigenvalue weighted by atomic mass is 9.86. The molecule has 0 bridgehead atoms. The smallest absolute Gasteiger partial charge is 0.415 e. The van der Waals surface area contributed by atoms with E-state index in [1.54, 1.807) is 0 Å². The van der Waals surface area contributed by atoms with Crippen LogP contribution >= 0.6 is 11.6 Å². The maximum atomic E-state index is 14.5. The first kappa shape index (κ1) is 21.3. The summed E-state index contributed by atoms with van der Waals surface area (Å²) in [5.41, 5.74) is 0.812. The second kappa shape index (κ2) is 8.65. The molecule has 1 fully saturated rings. The summed E-state index contributed by atoms with van der Waals surface area (Å²) >= 11 is 6.11. The third-order valence-corrected chi connectivity index (χ3v) is 5.85. The fourth-order valence-electron chi connectivity index (χ4n) is 3.93. The minimum Gasteiger partial charge on any atom is -0.437 e. The first-order chi connectivity index (χ1) is 14.9. The first-order valence-corrected chi connectivity index (χ1v) is 10.2. The Bertz CT molecular complexity index is 1110. The number of hydrogen-bond acceptors (Lipinski definition) is 3. The van der Waals surface area contributed by atoms with Gasteiger partial charge in [0.25, 0.3) is 0 Å². The molecule has 3 aromatic rings. The number of carbonyl (C=O) groups is 1. The molecule has 4 nitrogen and oxygen atoms in total. The van der Waals surface area contributed by atoms with Gasteiger partial charge >= 0.3 is 6.09 Å². The van der Waals surface area contributed by atoms with Gasteiger partial charge in [-0.3, -0.25) is 4.90 Å². The van der Waals surface area contributed by atoms with E-state index < -0.39 is 23.3 Å². The number of aliphatic hydroxyl groups excluding tert-OH is 1. The Morgan fingerprint density at radius 2 is 1.81 bits per heavy atom. The van der Waals surface area contributed by atoms with Crippen LogP contribution in [0.4, 0.5) is 19.3 Å². The van der Waals surface area contributed by atoms with E-state index >= 15 is 0 Å². The van der Waals surface area contributed by atoms with E-state index in [-0.39, 0.29) is 23.6 Å². The summed E-state index contributed by atoms with van der Waals surface area (Å²) in [6, 6.07) is 17.2. The highest BCUT2D eigenvalue weighted by molar-refractivity contribution is 6.33. The van der Waals surface area contributed by atoms with E-state index in [0.29, 0.717) is 24.2 Å². The van der Waals surface area contributed by atoms with Crippen molar-refractivity contribution in [1.82, 2.24) is 0 Å². The van der Waals surface area contributed by atoms with Crippen LogP contribution in [-0.2, 0) is 10.3 Å². The first-order valence-electron chi connectivity index (χ1n) is 9.85. The van der Waals surface area contributed by atoms with Crippen molar-refractivity contribution in [3.63, 3.8) is 0 Å². The van der Waals surface area contributed by atoms with Crippen molar-refractivity contribution >= 4 is 23.4 Å². The number of cyclic esters (lactones) is 1. The van der Waals surface area contributed by atoms with Crippen LogP contribution in [0.15, 0.2) is 66.7 Å². The standard InChI is InChI=1S/C24H20ClF2NO3/c25-21-14-17(26)6-8-19(21)20-15-18(7-9-22(20)27)28-12-10-24(11-13-29,31-23(28)30)16-4-2-1-3-5-16/h1-9,14-15,29H,10-13H2/t24-/m0/s1. The minimum atomic E-state index is -0.924. The summed E-state index contributed by atoms with van der Waals surface area (Å²) in [5, 5.41) is 9.64. The molecule has 1 heterocycles. The number of benzene rings is 3. The van der Waals surface area contributed by atoms with Crippen molar-refractivity contribution in [2.75, 3.05) is 18.1 Å². The zero-order valence-corrected chi connectivity index (χ0v) is 17.3. The lowest BCUT2D eigenvalue weighted by Gasteiger charge is -2.41. The minimum absolute atomic E-state index is 0.0725. The molecule has 7 heteroatoms. The topological polar surface area (TPSA) is 49.8 Å². The summed E-state index contributed by atoms with van der Waals surface area (Å²) in [7, 11) is 0. The lowest BCUT2D eigenvalue weighted by molar-refractivity contribution is -0.0257. The summed E-state index contributed by atoms with van der Waals surface area (Å²) < 4.78 is 33.8. The maximum absolute atomic E-state index is 14.5. The van der Waals surface area contributed by atoms with Crippen LogP contribution in [-0.4, -0.2) is 24.4 Å². The highest BCUT2D eigenvalue weighted by Crippen LogP contribution is 2.40. The van der Waals surface area contributed by atoms with Crippen LogP contribution in [0.5, 0.6) is 0 Å². The van der Waals surface area contributed by atoms with Crippen LogP contribution < -0.4 is 4.90 Å². The number of halogens is 3. The molecule has 1 N–H and O–H groups in total. The van der Waals surface area contributed by atoms with Gasteiger partial charge in [0.05, 0.1) is 5.02 Å². The zero-order chi connectivity index (χ0) is 22.0. The average Bonchev–Trinajstić information content (AvgIpc) is 2.76. The van der Waals surface area contributed by atoms with Crippen molar-refractivity contribution in [2.24, 2.45) is 0 Å². The number of rotatable bonds is 5. The molecule has 1 amide bonds. The molecule has 3 aromatic carbocycles. The second-order valence-corrected chi connectivity index (χ2v) is 7.80. The lowest BCUT2D eigenvalue weighted by Crippen LogP contribution is -2.48. The highest BCUT2D eigenvalue weighted by Gasteiger charge is 2.42.